The molecule has 4 fully saturated rings. The van der Waals surface area contributed by atoms with Crippen LogP contribution in [0.15, 0.2) is 58.7 Å². The third-order valence-electron chi connectivity index (χ3n) is 16.1. The first-order valence-electron chi connectivity index (χ1n) is 27.7. The van der Waals surface area contributed by atoms with Crippen LogP contribution >= 0.6 is 0 Å². The molecule has 0 aliphatic carbocycles. The molecule has 19 heteroatoms. The van der Waals surface area contributed by atoms with Crippen molar-refractivity contribution in [2.24, 2.45) is 17.8 Å². The molecule has 0 bridgehead atoms. The molecule has 4 saturated heterocycles. The molecule has 0 saturated carbocycles. The molecule has 19 nitrogen and oxygen atoms in total. The van der Waals surface area contributed by atoms with E-state index in [0.717, 1.165) is 23.1 Å². The average Bonchev–Trinajstić information content (AvgIpc) is 3.35. The van der Waals surface area contributed by atoms with Crippen LogP contribution in [0, 0.1) is 17.8 Å². The molecule has 442 valence electrons. The van der Waals surface area contributed by atoms with Crippen LogP contribution < -0.4 is 0 Å². The summed E-state index contributed by atoms with van der Waals surface area (Å²) in [5.41, 5.74) is 1.54. The maximum Gasteiger partial charge on any atom is 0.333 e. The molecular weight excluding hydrogens is 1000 g/mol. The zero-order valence-corrected chi connectivity index (χ0v) is 48.4. The highest BCUT2D eigenvalue weighted by Gasteiger charge is 2.53. The summed E-state index contributed by atoms with van der Waals surface area (Å²) in [5, 5.41) is 68.5. The summed E-state index contributed by atoms with van der Waals surface area (Å²) in [6, 6.07) is 0. The summed E-state index contributed by atoms with van der Waals surface area (Å²) < 4.78 is 72.9. The van der Waals surface area contributed by atoms with Crippen molar-refractivity contribution in [3.8, 4) is 0 Å². The van der Waals surface area contributed by atoms with Crippen LogP contribution in [0.1, 0.15) is 128 Å². The van der Waals surface area contributed by atoms with Gasteiger partial charge in [0.1, 0.15) is 36.6 Å². The zero-order chi connectivity index (χ0) is 57.1. The van der Waals surface area contributed by atoms with Gasteiger partial charge in [0.15, 0.2) is 24.7 Å². The quantitative estimate of drug-likeness (QED) is 0.109. The van der Waals surface area contributed by atoms with Gasteiger partial charge >= 0.3 is 5.97 Å². The Morgan fingerprint density at radius 2 is 1.47 bits per heavy atom. The fraction of sp³-hybridized carbons (Fsp3) is 0.810. The number of carbonyl (C=O) groups is 1. The Kier molecular flexibility index (Phi) is 25.0. The SMILES string of the molecule is COC[C@@H](C[C@H]1O[C@@](O)(C[C@@H]2C[C@H](OC)CCC/C=C(C)/C=C/[C@@H](O[C@@H]3O[C@@H](C)[C@H](OC)[C@@H](O)[C@H]3O)[C@H](C)/C=C(C)/C=C(C)/C=C(\C)C(=O)O2)[C@H](C)[C@@H](O)[C@H]1C)O[C@H]1C[C@](C)(O)[C@@H](O[C@H]2C[C@@H](OC)[C@H](O)[C@@H](C)O2)[C@H](C)O1. The van der Waals surface area contributed by atoms with Gasteiger partial charge in [-0.15, -0.1) is 0 Å². The lowest BCUT2D eigenvalue weighted by Gasteiger charge is -2.50. The van der Waals surface area contributed by atoms with Crippen LogP contribution in [0.25, 0.3) is 0 Å². The lowest BCUT2D eigenvalue weighted by Crippen LogP contribution is -2.60. The minimum Gasteiger partial charge on any atom is -0.459 e. The molecule has 6 N–H and O–H groups in total. The highest BCUT2D eigenvalue weighted by atomic mass is 16.7. The van der Waals surface area contributed by atoms with E-state index in [-0.39, 0.29) is 50.7 Å². The van der Waals surface area contributed by atoms with Gasteiger partial charge in [-0.2, -0.15) is 0 Å². The number of esters is 1. The van der Waals surface area contributed by atoms with E-state index in [1.807, 2.05) is 58.9 Å². The third-order valence-corrected chi connectivity index (χ3v) is 16.1. The summed E-state index contributed by atoms with van der Waals surface area (Å²) in [6.07, 6.45) is 0.145. The highest BCUT2D eigenvalue weighted by Crippen LogP contribution is 2.43. The van der Waals surface area contributed by atoms with Crippen molar-refractivity contribution in [3.05, 3.63) is 58.7 Å². The van der Waals surface area contributed by atoms with Gasteiger partial charge in [0.25, 0.3) is 0 Å². The van der Waals surface area contributed by atoms with E-state index in [1.165, 1.54) is 21.3 Å². The molecule has 5 aliphatic rings. The number of rotatable bonds is 15. The van der Waals surface area contributed by atoms with Gasteiger partial charge in [0.05, 0.1) is 67.1 Å². The molecule has 77 heavy (non-hydrogen) atoms. The molecular formula is C58H96O19. The van der Waals surface area contributed by atoms with Crippen LogP contribution in [-0.4, -0.2) is 193 Å². The Labute approximate surface area is 457 Å². The molecule has 0 aromatic carbocycles. The lowest BCUT2D eigenvalue weighted by molar-refractivity contribution is -0.343. The minimum absolute atomic E-state index is 0.0345. The second kappa shape index (κ2) is 29.5. The smallest absolute Gasteiger partial charge is 0.333 e. The van der Waals surface area contributed by atoms with Gasteiger partial charge in [0, 0.05) is 83.9 Å². The van der Waals surface area contributed by atoms with Gasteiger partial charge in [-0.05, 0) is 80.7 Å². The maximum atomic E-state index is 14.1. The Balaban J connectivity index is 1.33. The van der Waals surface area contributed by atoms with Gasteiger partial charge in [-0.3, -0.25) is 0 Å². The number of hydrogen-bond donors (Lipinski definition) is 6. The zero-order valence-electron chi connectivity index (χ0n) is 48.4. The van der Waals surface area contributed by atoms with Crippen molar-refractivity contribution < 1.29 is 92.3 Å². The predicted octanol–water partition coefficient (Wildman–Crippen LogP) is 5.65. The topological polar surface area (TPSA) is 249 Å². The number of carbonyl (C=O) groups excluding carboxylic acids is 1. The lowest BCUT2D eigenvalue weighted by atomic mass is 9.77. The first kappa shape index (κ1) is 65.3. The molecule has 0 radical (unpaired) electrons. The molecule has 5 heterocycles. The fourth-order valence-corrected chi connectivity index (χ4v) is 11.6. The van der Waals surface area contributed by atoms with Crippen LogP contribution in [0.5, 0.6) is 0 Å². The summed E-state index contributed by atoms with van der Waals surface area (Å²) in [6.45, 7) is 20.1. The standard InChI is InChI=1S/C58H96O19/c1-31-18-16-17-19-41(67-13)25-42(74-55(63)35(5)24-33(3)22-32(2)23-34(4)44(21-20-31)75-56-52(62)51(61)53(69-15)39(9)72-56)28-58(65)37(7)49(59)36(6)45(77-58)26-43(30-66-12)73-48-29-57(11,64)54(40(10)71-48)76-47-27-46(68-14)50(60)38(8)70-47/h18,20-24,34,36-54,56,59-62,64-65H,16-17,19,25-30H2,1-15H3/b21-20+,31-18+,32-23+,33-22+,35-24+/t34-,36+,37-,38-,39+,40+,41-,42+,43-,44-,45-,46-,47+,48+,49+,50-,51+,52-,53+,54+,56+,57+,58+/m1/s1. The van der Waals surface area contributed by atoms with Crippen molar-refractivity contribution in [3.63, 3.8) is 0 Å². The van der Waals surface area contributed by atoms with Gasteiger partial charge in [0.2, 0.25) is 0 Å². The van der Waals surface area contributed by atoms with E-state index in [4.69, 9.17) is 56.8 Å². The molecule has 0 amide bonds. The van der Waals surface area contributed by atoms with Gasteiger partial charge < -0.3 is 87.5 Å². The third kappa shape index (κ3) is 17.7. The number of ether oxygens (including phenoxy) is 12. The monoisotopic (exact) mass is 1100 g/mol. The Morgan fingerprint density at radius 1 is 0.766 bits per heavy atom. The van der Waals surface area contributed by atoms with Crippen molar-refractivity contribution in [2.75, 3.05) is 35.0 Å². The minimum atomic E-state index is -1.96. The Bertz CT molecular complexity index is 2010. The summed E-state index contributed by atoms with van der Waals surface area (Å²) in [4.78, 5) is 14.1. The van der Waals surface area contributed by atoms with E-state index >= 15 is 0 Å². The second-order valence-corrected chi connectivity index (χ2v) is 22.8. The normalized spacial score (nSPS) is 46.2. The van der Waals surface area contributed by atoms with Crippen LogP contribution in [0.4, 0.5) is 0 Å². The van der Waals surface area contributed by atoms with Gasteiger partial charge in [-0.25, -0.2) is 4.79 Å². The number of methoxy groups -OCH3 is 4. The molecule has 0 spiro atoms. The first-order valence-corrected chi connectivity index (χ1v) is 27.7. The molecule has 5 aliphatic heterocycles. The number of aliphatic hydroxyl groups is 6. The first-order chi connectivity index (χ1) is 36.2. The number of aliphatic hydroxyl groups excluding tert-OH is 4. The van der Waals surface area contributed by atoms with E-state index in [1.54, 1.807) is 54.7 Å². The van der Waals surface area contributed by atoms with Crippen molar-refractivity contribution in [1.29, 1.82) is 0 Å². The van der Waals surface area contributed by atoms with Gasteiger partial charge in [-0.1, -0.05) is 67.9 Å². The maximum absolute atomic E-state index is 14.1. The van der Waals surface area contributed by atoms with Crippen molar-refractivity contribution in [1.82, 2.24) is 0 Å². The van der Waals surface area contributed by atoms with E-state index < -0.39 is 134 Å². The van der Waals surface area contributed by atoms with E-state index in [2.05, 4.69) is 6.08 Å². The highest BCUT2D eigenvalue weighted by molar-refractivity contribution is 5.88. The molecule has 5 rings (SSSR count). The average molecular weight is 1100 g/mol. The van der Waals surface area contributed by atoms with E-state index in [9.17, 15) is 35.4 Å². The molecule has 23 atom stereocenters. The number of cyclic esters (lactones) is 1. The summed E-state index contributed by atoms with van der Waals surface area (Å²) in [7, 11) is 6.12. The van der Waals surface area contributed by atoms with E-state index in [0.29, 0.717) is 18.4 Å². The molecule has 0 unspecified atom stereocenters. The van der Waals surface area contributed by atoms with Crippen LogP contribution in [0.2, 0.25) is 0 Å². The fourth-order valence-electron chi connectivity index (χ4n) is 11.6. The van der Waals surface area contributed by atoms with Crippen molar-refractivity contribution in [2.45, 2.75) is 249 Å². The van der Waals surface area contributed by atoms with Crippen LogP contribution in [-0.2, 0) is 61.6 Å². The Morgan fingerprint density at radius 3 is 2.12 bits per heavy atom. The second-order valence-electron chi connectivity index (χ2n) is 22.8. The van der Waals surface area contributed by atoms with Crippen molar-refractivity contribution >= 4 is 5.97 Å². The Hall–Kier alpha value is -2.51. The number of allylic oxidation sites excluding steroid dienone is 7. The summed E-state index contributed by atoms with van der Waals surface area (Å²) in [5.74, 6) is -4.04. The predicted molar refractivity (Wildman–Crippen MR) is 285 cm³/mol. The largest absolute Gasteiger partial charge is 0.459 e. The molecule has 0 aromatic heterocycles. The summed E-state index contributed by atoms with van der Waals surface area (Å²) >= 11 is 0. The number of hydrogen-bond acceptors (Lipinski definition) is 19. The molecule has 0 aromatic rings. The van der Waals surface area contributed by atoms with Crippen LogP contribution in [0.3, 0.4) is 0 Å².